The van der Waals surface area contributed by atoms with Gasteiger partial charge in [0.1, 0.15) is 31.0 Å². The molecule has 6 atom stereocenters. The van der Waals surface area contributed by atoms with Crippen molar-refractivity contribution in [2.24, 2.45) is 0 Å². The second-order valence-corrected chi connectivity index (χ2v) is 14.5. The van der Waals surface area contributed by atoms with Crippen LogP contribution in [0.15, 0.2) is 54.3 Å². The Hall–Kier alpha value is -2.56. The lowest BCUT2D eigenvalue weighted by atomic mass is 9.99. The lowest BCUT2D eigenvalue weighted by molar-refractivity contribution is -0.305. The Kier molecular flexibility index (Phi) is 32.9. The second kappa shape index (κ2) is 35.8. The third kappa shape index (κ3) is 27.6. The zero-order valence-corrected chi connectivity index (χ0v) is 34.2. The molecule has 0 aromatic carbocycles. The van der Waals surface area contributed by atoms with Crippen molar-refractivity contribution in [3.05, 3.63) is 54.3 Å². The molecule has 1 saturated heterocycles. The largest absolute Gasteiger partial charge is 0.462 e. The number of esters is 2. The van der Waals surface area contributed by atoms with Crippen molar-refractivity contribution in [3.8, 4) is 0 Å². The first-order valence-corrected chi connectivity index (χ1v) is 21.5. The van der Waals surface area contributed by atoms with Crippen molar-refractivity contribution in [2.45, 2.75) is 198 Å². The highest BCUT2D eigenvalue weighted by atomic mass is 16.7. The van der Waals surface area contributed by atoms with Gasteiger partial charge in [0.2, 0.25) is 0 Å². The fraction of sp³-hybridized carbons (Fsp3) is 0.756. The molecule has 1 rings (SSSR count). The van der Waals surface area contributed by atoms with Crippen LogP contribution in [0.5, 0.6) is 0 Å². The lowest BCUT2D eigenvalue weighted by Crippen LogP contribution is -2.59. The van der Waals surface area contributed by atoms with E-state index in [0.29, 0.717) is 12.8 Å². The molecule has 1 aliphatic heterocycles. The summed E-state index contributed by atoms with van der Waals surface area (Å²) in [7, 11) is 0. The van der Waals surface area contributed by atoms with E-state index in [2.05, 4.69) is 68.2 Å². The molecule has 0 aromatic heterocycles. The van der Waals surface area contributed by atoms with E-state index in [1.54, 1.807) is 0 Å². The van der Waals surface area contributed by atoms with E-state index in [9.17, 15) is 30.0 Å². The van der Waals surface area contributed by atoms with Crippen LogP contribution in [0.1, 0.15) is 162 Å². The predicted molar refractivity (Wildman–Crippen MR) is 218 cm³/mol. The van der Waals surface area contributed by atoms with Crippen LogP contribution in [0, 0.1) is 0 Å². The average molecular weight is 777 g/mol. The van der Waals surface area contributed by atoms with Crippen LogP contribution < -0.4 is 0 Å². The molecule has 55 heavy (non-hydrogen) atoms. The van der Waals surface area contributed by atoms with Gasteiger partial charge in [0.25, 0.3) is 0 Å². The molecule has 4 N–H and O–H groups in total. The molecule has 2 unspecified atom stereocenters. The van der Waals surface area contributed by atoms with Gasteiger partial charge < -0.3 is 39.4 Å². The van der Waals surface area contributed by atoms with Crippen molar-refractivity contribution in [2.75, 3.05) is 19.8 Å². The first-order chi connectivity index (χ1) is 26.8. The van der Waals surface area contributed by atoms with E-state index in [1.165, 1.54) is 32.1 Å². The maximum atomic E-state index is 12.7. The van der Waals surface area contributed by atoms with E-state index >= 15 is 0 Å². The summed E-state index contributed by atoms with van der Waals surface area (Å²) in [5, 5.41) is 40.0. The van der Waals surface area contributed by atoms with Gasteiger partial charge in [-0.1, -0.05) is 115 Å². The standard InChI is InChI=1S/C45H76O10/c1-3-5-7-9-11-13-15-17-19-21-23-25-27-29-31-33-40(47)52-36-38(37-53-45-44(51)43(50)42(49)39(35-46)55-45)54-41(48)34-32-30-28-26-24-22-20-18-16-14-12-10-8-6-4-2/h6,8,12,14-15,18-20,38-39,42-46,49-51H,3-5,7,9-11,13,16,21-37H2,1-2H3/b8-6+,14-12+,20-18+/t17?,38-,39-,42+,43?,44?,45-/m0/s1. The summed E-state index contributed by atoms with van der Waals surface area (Å²) in [5.41, 5.74) is 3.29. The molecule has 1 heterocycles. The van der Waals surface area contributed by atoms with Crippen LogP contribution in [0.3, 0.4) is 0 Å². The van der Waals surface area contributed by atoms with Crippen LogP contribution in [-0.4, -0.2) is 89.0 Å². The molecule has 10 nitrogen and oxygen atoms in total. The molecule has 0 spiro atoms. The van der Waals surface area contributed by atoms with Gasteiger partial charge in [-0.15, -0.1) is 5.73 Å². The first-order valence-electron chi connectivity index (χ1n) is 21.5. The van der Waals surface area contributed by atoms with Gasteiger partial charge in [0.05, 0.1) is 13.2 Å². The molecular weight excluding hydrogens is 700 g/mol. The topological polar surface area (TPSA) is 152 Å². The number of carbonyl (C=O) groups is 2. The summed E-state index contributed by atoms with van der Waals surface area (Å²) in [6.45, 7) is 3.24. The number of unbranched alkanes of at least 4 members (excludes halogenated alkanes) is 15. The minimum absolute atomic E-state index is 0.204. The van der Waals surface area contributed by atoms with Crippen LogP contribution in [-0.2, 0) is 28.5 Å². The highest BCUT2D eigenvalue weighted by molar-refractivity contribution is 5.70. The molecule has 0 radical (unpaired) electrons. The zero-order valence-electron chi connectivity index (χ0n) is 34.2. The van der Waals surface area contributed by atoms with Crippen molar-refractivity contribution < 1.29 is 49.0 Å². The monoisotopic (exact) mass is 777 g/mol. The second-order valence-electron chi connectivity index (χ2n) is 14.5. The third-order valence-electron chi connectivity index (χ3n) is 9.47. The molecule has 0 aromatic rings. The Bertz CT molecular complexity index is 1090. The number of aliphatic hydroxyl groups is 4. The van der Waals surface area contributed by atoms with Gasteiger partial charge in [-0.05, 0) is 82.8 Å². The minimum Gasteiger partial charge on any atom is -0.462 e. The number of carbonyl (C=O) groups excluding carboxylic acids is 2. The number of hydrogen-bond donors (Lipinski definition) is 4. The summed E-state index contributed by atoms with van der Waals surface area (Å²) >= 11 is 0. The van der Waals surface area contributed by atoms with Gasteiger partial charge in [0.15, 0.2) is 12.4 Å². The SMILES string of the molecule is CC/C=C/C/C=C/C/C=C/CCCCCCCC(=O)O[C@@H](COC(=O)CCCCCCCC=C=CCCCCCCC)CO[C@H]1O[C@@H](CO)[C@@H](O)C(O)C1O. The number of allylic oxidation sites excluding steroid dienone is 7. The van der Waals surface area contributed by atoms with E-state index < -0.39 is 55.4 Å². The Morgan fingerprint density at radius 1 is 0.636 bits per heavy atom. The number of hydrogen-bond acceptors (Lipinski definition) is 10. The minimum atomic E-state index is -1.60. The van der Waals surface area contributed by atoms with Gasteiger partial charge in [-0.2, -0.15) is 0 Å². The van der Waals surface area contributed by atoms with Crippen molar-refractivity contribution in [1.82, 2.24) is 0 Å². The fourth-order valence-electron chi connectivity index (χ4n) is 6.06. The Morgan fingerprint density at radius 3 is 1.80 bits per heavy atom. The van der Waals surface area contributed by atoms with Crippen molar-refractivity contribution in [3.63, 3.8) is 0 Å². The van der Waals surface area contributed by atoms with E-state index in [-0.39, 0.29) is 26.1 Å². The van der Waals surface area contributed by atoms with Crippen LogP contribution >= 0.6 is 0 Å². The van der Waals surface area contributed by atoms with Gasteiger partial charge >= 0.3 is 11.9 Å². The lowest BCUT2D eigenvalue weighted by Gasteiger charge is -2.39. The predicted octanol–water partition coefficient (Wildman–Crippen LogP) is 8.65. The van der Waals surface area contributed by atoms with E-state index in [4.69, 9.17) is 18.9 Å². The molecule has 0 amide bonds. The summed E-state index contributed by atoms with van der Waals surface area (Å²) in [5.74, 6) is -0.852. The molecule has 10 heteroatoms. The Labute approximate surface area is 332 Å². The maximum absolute atomic E-state index is 12.7. The normalized spacial score (nSPS) is 20.6. The average Bonchev–Trinajstić information content (AvgIpc) is 3.18. The van der Waals surface area contributed by atoms with E-state index in [0.717, 1.165) is 89.9 Å². The highest BCUT2D eigenvalue weighted by Gasteiger charge is 2.44. The molecule has 0 aliphatic carbocycles. The molecular formula is C45H76O10. The van der Waals surface area contributed by atoms with E-state index in [1.807, 2.05) is 0 Å². The van der Waals surface area contributed by atoms with Crippen molar-refractivity contribution >= 4 is 11.9 Å². The first kappa shape index (κ1) is 50.5. The smallest absolute Gasteiger partial charge is 0.306 e. The Balaban J connectivity index is 2.39. The van der Waals surface area contributed by atoms with Crippen LogP contribution in [0.25, 0.3) is 0 Å². The molecule has 1 aliphatic rings. The number of ether oxygens (including phenoxy) is 4. The van der Waals surface area contributed by atoms with Gasteiger partial charge in [-0.25, -0.2) is 0 Å². The van der Waals surface area contributed by atoms with Gasteiger partial charge in [0, 0.05) is 12.8 Å². The molecule has 0 bridgehead atoms. The van der Waals surface area contributed by atoms with Gasteiger partial charge in [-0.3, -0.25) is 9.59 Å². The number of rotatable bonds is 34. The summed E-state index contributed by atoms with van der Waals surface area (Å²) in [6.07, 6.45) is 31.8. The summed E-state index contributed by atoms with van der Waals surface area (Å²) < 4.78 is 22.1. The quantitative estimate of drug-likeness (QED) is 0.0216. The zero-order chi connectivity index (χ0) is 40.2. The molecule has 316 valence electrons. The number of aliphatic hydroxyl groups excluding tert-OH is 4. The molecule has 0 saturated carbocycles. The summed E-state index contributed by atoms with van der Waals surface area (Å²) in [6, 6.07) is 0. The Morgan fingerprint density at radius 2 is 1.18 bits per heavy atom. The van der Waals surface area contributed by atoms with Crippen LogP contribution in [0.2, 0.25) is 0 Å². The highest BCUT2D eigenvalue weighted by Crippen LogP contribution is 2.22. The third-order valence-corrected chi connectivity index (χ3v) is 9.47. The van der Waals surface area contributed by atoms with Crippen molar-refractivity contribution in [1.29, 1.82) is 0 Å². The fourth-order valence-corrected chi connectivity index (χ4v) is 6.06. The summed E-state index contributed by atoms with van der Waals surface area (Å²) in [4.78, 5) is 25.3. The maximum Gasteiger partial charge on any atom is 0.306 e. The van der Waals surface area contributed by atoms with Crippen LogP contribution in [0.4, 0.5) is 0 Å². The molecule has 1 fully saturated rings.